The van der Waals surface area contributed by atoms with Crippen molar-refractivity contribution in [3.63, 3.8) is 0 Å². The Morgan fingerprint density at radius 1 is 1.09 bits per heavy atom. The molecule has 118 valence electrons. The second kappa shape index (κ2) is 7.79. The number of benzene rings is 1. The van der Waals surface area contributed by atoms with Crippen LogP contribution in [0.5, 0.6) is 0 Å². The third-order valence-electron chi connectivity index (χ3n) is 3.07. The number of anilines is 2. The molecule has 0 amide bonds. The van der Waals surface area contributed by atoms with Gasteiger partial charge in [0.2, 0.25) is 10.0 Å². The van der Waals surface area contributed by atoms with Gasteiger partial charge in [0.05, 0.1) is 17.6 Å². The molecule has 6 heteroatoms. The van der Waals surface area contributed by atoms with Gasteiger partial charge in [0, 0.05) is 6.54 Å². The van der Waals surface area contributed by atoms with Crippen LogP contribution in [0.25, 0.3) is 0 Å². The molecule has 1 aromatic heterocycles. The fourth-order valence-electron chi connectivity index (χ4n) is 2.04. The Balaban J connectivity index is 1.84. The van der Waals surface area contributed by atoms with E-state index in [-0.39, 0.29) is 5.75 Å². The molecule has 2 rings (SSSR count). The van der Waals surface area contributed by atoms with Gasteiger partial charge >= 0.3 is 0 Å². The molecule has 1 aromatic carbocycles. The lowest BCUT2D eigenvalue weighted by molar-refractivity contribution is 0.600. The number of nitrogens with one attached hydrogen (secondary N) is 2. The summed E-state index contributed by atoms with van der Waals surface area (Å²) < 4.78 is 25.8. The largest absolute Gasteiger partial charge is 0.370 e. The molecule has 0 aliphatic heterocycles. The van der Waals surface area contributed by atoms with Crippen LogP contribution >= 0.6 is 0 Å². The van der Waals surface area contributed by atoms with E-state index in [9.17, 15) is 8.42 Å². The van der Waals surface area contributed by atoms with Gasteiger partial charge in [-0.1, -0.05) is 37.3 Å². The summed E-state index contributed by atoms with van der Waals surface area (Å²) in [6.45, 7) is 2.61. The molecule has 0 atom stereocenters. The summed E-state index contributed by atoms with van der Waals surface area (Å²) in [7, 11) is -3.26. The van der Waals surface area contributed by atoms with Crippen LogP contribution in [0.1, 0.15) is 18.9 Å². The Labute approximate surface area is 131 Å². The fraction of sp³-hybridized carbons (Fsp3) is 0.312. The molecular formula is C16H21N3O2S. The molecule has 0 saturated heterocycles. The molecular weight excluding hydrogens is 298 g/mol. The summed E-state index contributed by atoms with van der Waals surface area (Å²) in [6, 6.07) is 13.7. The minimum absolute atomic E-state index is 0.115. The average molecular weight is 319 g/mol. The van der Waals surface area contributed by atoms with Crippen LogP contribution in [0.15, 0.2) is 48.7 Å². The summed E-state index contributed by atoms with van der Waals surface area (Å²) in [5, 5.41) is 3.22. The van der Waals surface area contributed by atoms with Gasteiger partial charge in [0.15, 0.2) is 0 Å². The summed E-state index contributed by atoms with van der Waals surface area (Å²) in [6.07, 6.45) is 3.02. The zero-order valence-corrected chi connectivity index (χ0v) is 13.4. The van der Waals surface area contributed by atoms with Crippen LogP contribution in [0.3, 0.4) is 0 Å². The van der Waals surface area contributed by atoms with Gasteiger partial charge in [-0.3, -0.25) is 4.72 Å². The molecule has 2 aromatic rings. The van der Waals surface area contributed by atoms with E-state index in [1.54, 1.807) is 12.1 Å². The second-order valence-corrected chi connectivity index (χ2v) is 6.86. The maximum atomic E-state index is 11.7. The minimum Gasteiger partial charge on any atom is -0.370 e. The SMILES string of the molecule is CCCS(=O)(=O)Nc1ccc(NCCc2ccccc2)nc1. The fourth-order valence-corrected chi connectivity index (χ4v) is 3.16. The molecule has 0 radical (unpaired) electrons. The number of rotatable bonds is 8. The number of pyridine rings is 1. The number of sulfonamides is 1. The van der Waals surface area contributed by atoms with Crippen LogP contribution in [0, 0.1) is 0 Å². The van der Waals surface area contributed by atoms with Gasteiger partial charge in [0.25, 0.3) is 0 Å². The van der Waals surface area contributed by atoms with Crippen molar-refractivity contribution in [1.29, 1.82) is 0 Å². The normalized spacial score (nSPS) is 11.1. The van der Waals surface area contributed by atoms with Gasteiger partial charge in [-0.2, -0.15) is 0 Å². The van der Waals surface area contributed by atoms with E-state index in [0.29, 0.717) is 12.1 Å². The minimum atomic E-state index is -3.26. The third-order valence-corrected chi connectivity index (χ3v) is 4.56. The Morgan fingerprint density at radius 3 is 2.50 bits per heavy atom. The Bertz CT molecular complexity index is 670. The van der Waals surface area contributed by atoms with Crippen LogP contribution in [0.4, 0.5) is 11.5 Å². The Kier molecular flexibility index (Phi) is 5.77. The maximum absolute atomic E-state index is 11.7. The molecule has 0 aliphatic rings. The van der Waals surface area contributed by atoms with Crippen molar-refractivity contribution in [2.45, 2.75) is 19.8 Å². The van der Waals surface area contributed by atoms with Crippen molar-refractivity contribution in [2.24, 2.45) is 0 Å². The monoisotopic (exact) mass is 319 g/mol. The van der Waals surface area contributed by atoms with Crippen molar-refractivity contribution < 1.29 is 8.42 Å². The van der Waals surface area contributed by atoms with Crippen molar-refractivity contribution in [2.75, 3.05) is 22.3 Å². The van der Waals surface area contributed by atoms with Crippen LogP contribution in [-0.4, -0.2) is 25.7 Å². The number of nitrogens with zero attached hydrogens (tertiary/aromatic N) is 1. The summed E-state index contributed by atoms with van der Waals surface area (Å²) in [4.78, 5) is 4.22. The number of aromatic nitrogens is 1. The molecule has 0 spiro atoms. The molecule has 1 heterocycles. The highest BCUT2D eigenvalue weighted by molar-refractivity contribution is 7.92. The van der Waals surface area contributed by atoms with E-state index in [4.69, 9.17) is 0 Å². The van der Waals surface area contributed by atoms with Gasteiger partial charge in [-0.05, 0) is 30.5 Å². The molecule has 22 heavy (non-hydrogen) atoms. The van der Waals surface area contributed by atoms with Gasteiger partial charge in [0.1, 0.15) is 5.82 Å². The van der Waals surface area contributed by atoms with Crippen molar-refractivity contribution in [1.82, 2.24) is 4.98 Å². The van der Waals surface area contributed by atoms with E-state index in [0.717, 1.165) is 18.8 Å². The van der Waals surface area contributed by atoms with E-state index in [2.05, 4.69) is 27.2 Å². The zero-order chi connectivity index (χ0) is 15.8. The van der Waals surface area contributed by atoms with Crippen LogP contribution in [0.2, 0.25) is 0 Å². The van der Waals surface area contributed by atoms with E-state index < -0.39 is 10.0 Å². The van der Waals surface area contributed by atoms with E-state index >= 15 is 0 Å². The number of hydrogen-bond donors (Lipinski definition) is 2. The van der Waals surface area contributed by atoms with Gasteiger partial charge in [-0.25, -0.2) is 13.4 Å². The topological polar surface area (TPSA) is 71.1 Å². The molecule has 0 saturated carbocycles. The maximum Gasteiger partial charge on any atom is 0.232 e. The predicted octanol–water partition coefficient (Wildman–Crippen LogP) is 2.89. The Hall–Kier alpha value is -2.08. The zero-order valence-electron chi connectivity index (χ0n) is 12.6. The highest BCUT2D eigenvalue weighted by atomic mass is 32.2. The lowest BCUT2D eigenvalue weighted by Gasteiger charge is -2.09. The molecule has 0 bridgehead atoms. The first-order chi connectivity index (χ1) is 10.6. The molecule has 0 unspecified atom stereocenters. The van der Waals surface area contributed by atoms with Gasteiger partial charge < -0.3 is 5.32 Å². The Morgan fingerprint density at radius 2 is 1.86 bits per heavy atom. The first-order valence-corrected chi connectivity index (χ1v) is 8.98. The quantitative estimate of drug-likeness (QED) is 0.785. The predicted molar refractivity (Wildman–Crippen MR) is 90.6 cm³/mol. The van der Waals surface area contributed by atoms with Crippen LogP contribution in [-0.2, 0) is 16.4 Å². The summed E-state index contributed by atoms with van der Waals surface area (Å²) in [5.74, 6) is 0.846. The lowest BCUT2D eigenvalue weighted by Crippen LogP contribution is -2.16. The van der Waals surface area contributed by atoms with Crippen LogP contribution < -0.4 is 10.0 Å². The van der Waals surface area contributed by atoms with E-state index in [1.165, 1.54) is 11.8 Å². The molecule has 0 aliphatic carbocycles. The first kappa shape index (κ1) is 16.3. The van der Waals surface area contributed by atoms with E-state index in [1.807, 2.05) is 25.1 Å². The third kappa shape index (κ3) is 5.37. The number of hydrogen-bond acceptors (Lipinski definition) is 4. The smallest absolute Gasteiger partial charge is 0.232 e. The van der Waals surface area contributed by atoms with Crippen molar-refractivity contribution in [3.05, 3.63) is 54.2 Å². The average Bonchev–Trinajstić information content (AvgIpc) is 2.50. The lowest BCUT2D eigenvalue weighted by atomic mass is 10.1. The van der Waals surface area contributed by atoms with Gasteiger partial charge in [-0.15, -0.1) is 0 Å². The summed E-state index contributed by atoms with van der Waals surface area (Å²) >= 11 is 0. The standard InChI is InChI=1S/C16H21N3O2S/c1-2-12-22(20,21)19-15-8-9-16(18-13-15)17-11-10-14-6-4-3-5-7-14/h3-9,13,19H,2,10-12H2,1H3,(H,17,18). The van der Waals surface area contributed by atoms with Crippen molar-refractivity contribution >= 4 is 21.5 Å². The highest BCUT2D eigenvalue weighted by Crippen LogP contribution is 2.12. The molecule has 5 nitrogen and oxygen atoms in total. The second-order valence-electron chi connectivity index (χ2n) is 5.02. The van der Waals surface area contributed by atoms with Crippen molar-refractivity contribution in [3.8, 4) is 0 Å². The highest BCUT2D eigenvalue weighted by Gasteiger charge is 2.08. The summed E-state index contributed by atoms with van der Waals surface area (Å²) in [5.41, 5.74) is 1.75. The molecule has 2 N–H and O–H groups in total. The molecule has 0 fully saturated rings. The first-order valence-electron chi connectivity index (χ1n) is 7.33.